The summed E-state index contributed by atoms with van der Waals surface area (Å²) in [5.41, 5.74) is 7.73. The minimum absolute atomic E-state index is 0.122. The zero-order valence-electron chi connectivity index (χ0n) is 12.8. The third-order valence-electron chi connectivity index (χ3n) is 4.33. The van der Waals surface area contributed by atoms with Gasteiger partial charge in [-0.1, -0.05) is 37.6 Å². The number of nitrogens with two attached hydrogens (primary N) is 1. The van der Waals surface area contributed by atoms with Gasteiger partial charge in [0.1, 0.15) is 0 Å². The maximum atomic E-state index is 6.36. The van der Waals surface area contributed by atoms with Crippen LogP contribution in [0.3, 0.4) is 0 Å². The number of hydrogen-bond acceptors (Lipinski definition) is 2. The highest BCUT2D eigenvalue weighted by Gasteiger charge is 2.32. The lowest BCUT2D eigenvalue weighted by atomic mass is 9.90. The van der Waals surface area contributed by atoms with Crippen molar-refractivity contribution in [1.82, 2.24) is 4.90 Å². The van der Waals surface area contributed by atoms with E-state index < -0.39 is 0 Å². The van der Waals surface area contributed by atoms with E-state index in [1.54, 1.807) is 0 Å². The van der Waals surface area contributed by atoms with Crippen LogP contribution in [0.1, 0.15) is 52.1 Å². The van der Waals surface area contributed by atoms with Gasteiger partial charge in [-0.3, -0.25) is 4.90 Å². The number of rotatable bonds is 6. The minimum Gasteiger partial charge on any atom is -0.326 e. The Morgan fingerprint density at radius 3 is 2.16 bits per heavy atom. The molecule has 2 nitrogen and oxygen atoms in total. The molecule has 1 aromatic carbocycles. The van der Waals surface area contributed by atoms with Crippen LogP contribution in [0.25, 0.3) is 0 Å². The second-order valence-electron chi connectivity index (χ2n) is 5.85. The highest BCUT2D eigenvalue weighted by Crippen LogP contribution is 2.32. The van der Waals surface area contributed by atoms with E-state index in [2.05, 4.69) is 51.8 Å². The fourth-order valence-electron chi connectivity index (χ4n) is 2.27. The van der Waals surface area contributed by atoms with Crippen molar-refractivity contribution >= 4 is 11.6 Å². The van der Waals surface area contributed by atoms with Crippen LogP contribution in [0.2, 0.25) is 5.02 Å². The monoisotopic (exact) mass is 282 g/mol. The maximum absolute atomic E-state index is 6.36. The van der Waals surface area contributed by atoms with E-state index in [9.17, 15) is 0 Å². The Hall–Kier alpha value is -0.570. The SMILES string of the molecule is CCC(N)C(c1ccc(Cl)cc1)N(C)C(C)(C)CC. The molecule has 19 heavy (non-hydrogen) atoms. The lowest BCUT2D eigenvalue weighted by Gasteiger charge is -2.43. The summed E-state index contributed by atoms with van der Waals surface area (Å²) in [5.74, 6) is 0. The second-order valence-corrected chi connectivity index (χ2v) is 6.28. The van der Waals surface area contributed by atoms with Gasteiger partial charge < -0.3 is 5.73 Å². The topological polar surface area (TPSA) is 29.3 Å². The molecule has 0 aliphatic carbocycles. The smallest absolute Gasteiger partial charge is 0.0501 e. The molecule has 0 aromatic heterocycles. The summed E-state index contributed by atoms with van der Waals surface area (Å²) in [4.78, 5) is 2.39. The van der Waals surface area contributed by atoms with Gasteiger partial charge in [-0.25, -0.2) is 0 Å². The Kier molecular flexibility index (Phi) is 5.84. The van der Waals surface area contributed by atoms with Crippen LogP contribution in [0, 0.1) is 0 Å². The summed E-state index contributed by atoms with van der Waals surface area (Å²) in [6.45, 7) is 8.88. The molecule has 2 atom stereocenters. The van der Waals surface area contributed by atoms with Gasteiger partial charge in [0.2, 0.25) is 0 Å². The standard InChI is InChI=1S/C16H27ClN2/c1-6-14(18)15(19(5)16(3,4)7-2)12-8-10-13(17)11-9-12/h8-11,14-15H,6-7,18H2,1-5H3. The quantitative estimate of drug-likeness (QED) is 0.846. The van der Waals surface area contributed by atoms with Crippen LogP contribution in [0.15, 0.2) is 24.3 Å². The predicted molar refractivity (Wildman–Crippen MR) is 84.6 cm³/mol. The first-order valence-electron chi connectivity index (χ1n) is 7.07. The van der Waals surface area contributed by atoms with Crippen LogP contribution >= 0.6 is 11.6 Å². The molecule has 1 rings (SSSR count). The van der Waals surface area contributed by atoms with Crippen LogP contribution in [0.4, 0.5) is 0 Å². The molecule has 0 radical (unpaired) electrons. The van der Waals surface area contributed by atoms with Gasteiger partial charge in [-0.05, 0) is 51.4 Å². The fourth-order valence-corrected chi connectivity index (χ4v) is 2.39. The lowest BCUT2D eigenvalue weighted by Crippen LogP contribution is -2.48. The molecule has 0 saturated heterocycles. The Balaban J connectivity index is 3.11. The molecule has 3 heteroatoms. The summed E-state index contributed by atoms with van der Waals surface area (Å²) >= 11 is 5.98. The van der Waals surface area contributed by atoms with Crippen molar-refractivity contribution < 1.29 is 0 Å². The number of nitrogens with zero attached hydrogens (tertiary/aromatic N) is 1. The Morgan fingerprint density at radius 2 is 1.74 bits per heavy atom. The van der Waals surface area contributed by atoms with Crippen LogP contribution in [-0.4, -0.2) is 23.5 Å². The van der Waals surface area contributed by atoms with E-state index in [-0.39, 0.29) is 17.6 Å². The average Bonchev–Trinajstić information content (AvgIpc) is 2.40. The van der Waals surface area contributed by atoms with Gasteiger partial charge in [0.05, 0.1) is 6.04 Å². The van der Waals surface area contributed by atoms with Gasteiger partial charge in [0.25, 0.3) is 0 Å². The maximum Gasteiger partial charge on any atom is 0.0501 e. The predicted octanol–water partition coefficient (Wildman–Crippen LogP) is 4.24. The number of hydrogen-bond donors (Lipinski definition) is 1. The van der Waals surface area contributed by atoms with Gasteiger partial charge in [-0.15, -0.1) is 0 Å². The molecule has 0 fully saturated rings. The zero-order valence-corrected chi connectivity index (χ0v) is 13.5. The first kappa shape index (κ1) is 16.5. The minimum atomic E-state index is 0.122. The van der Waals surface area contributed by atoms with E-state index in [1.807, 2.05) is 12.1 Å². The van der Waals surface area contributed by atoms with Crippen LogP contribution < -0.4 is 5.73 Å². The molecule has 2 unspecified atom stereocenters. The number of benzene rings is 1. The third-order valence-corrected chi connectivity index (χ3v) is 4.58. The summed E-state index contributed by atoms with van der Waals surface area (Å²) in [6.07, 6.45) is 2.04. The summed E-state index contributed by atoms with van der Waals surface area (Å²) in [5, 5.41) is 0.768. The molecule has 0 amide bonds. The van der Waals surface area contributed by atoms with Gasteiger partial charge in [-0.2, -0.15) is 0 Å². The van der Waals surface area contributed by atoms with E-state index in [4.69, 9.17) is 17.3 Å². The first-order chi connectivity index (χ1) is 8.83. The van der Waals surface area contributed by atoms with Crippen molar-refractivity contribution in [3.63, 3.8) is 0 Å². The van der Waals surface area contributed by atoms with Crippen LogP contribution in [-0.2, 0) is 0 Å². The van der Waals surface area contributed by atoms with Gasteiger partial charge in [0, 0.05) is 16.6 Å². The first-order valence-corrected chi connectivity index (χ1v) is 7.45. The molecule has 2 N–H and O–H groups in total. The summed E-state index contributed by atoms with van der Waals surface area (Å²) in [6, 6.07) is 8.40. The molecule has 0 aliphatic heterocycles. The average molecular weight is 283 g/mol. The second kappa shape index (κ2) is 6.74. The van der Waals surface area contributed by atoms with E-state index >= 15 is 0 Å². The zero-order chi connectivity index (χ0) is 14.6. The molecule has 108 valence electrons. The third kappa shape index (κ3) is 3.95. The van der Waals surface area contributed by atoms with Gasteiger partial charge >= 0.3 is 0 Å². The van der Waals surface area contributed by atoms with Crippen molar-refractivity contribution in [2.75, 3.05) is 7.05 Å². The molecular weight excluding hydrogens is 256 g/mol. The summed E-state index contributed by atoms with van der Waals surface area (Å²) < 4.78 is 0. The van der Waals surface area contributed by atoms with E-state index in [1.165, 1.54) is 5.56 Å². The molecule has 1 aromatic rings. The highest BCUT2D eigenvalue weighted by atomic mass is 35.5. The van der Waals surface area contributed by atoms with Crippen molar-refractivity contribution in [2.24, 2.45) is 5.73 Å². The molecule has 0 bridgehead atoms. The van der Waals surface area contributed by atoms with Gasteiger partial charge in [0.15, 0.2) is 0 Å². The number of likely N-dealkylation sites (N-methyl/N-ethyl adjacent to an activating group) is 1. The van der Waals surface area contributed by atoms with Crippen LogP contribution in [0.5, 0.6) is 0 Å². The van der Waals surface area contributed by atoms with E-state index in [0.29, 0.717) is 0 Å². The van der Waals surface area contributed by atoms with E-state index in [0.717, 1.165) is 17.9 Å². The normalized spacial score (nSPS) is 15.6. The lowest BCUT2D eigenvalue weighted by molar-refractivity contribution is 0.0806. The van der Waals surface area contributed by atoms with Crippen molar-refractivity contribution in [3.05, 3.63) is 34.9 Å². The number of halogens is 1. The van der Waals surface area contributed by atoms with Crippen molar-refractivity contribution in [2.45, 2.75) is 58.2 Å². The van der Waals surface area contributed by atoms with Crippen molar-refractivity contribution in [3.8, 4) is 0 Å². The Bertz CT molecular complexity index is 386. The highest BCUT2D eigenvalue weighted by molar-refractivity contribution is 6.30. The molecule has 0 aliphatic rings. The van der Waals surface area contributed by atoms with Crippen molar-refractivity contribution in [1.29, 1.82) is 0 Å². The Labute approximate surface area is 122 Å². The fraction of sp³-hybridized carbons (Fsp3) is 0.625. The molecule has 0 heterocycles. The Morgan fingerprint density at radius 1 is 1.21 bits per heavy atom. The molecule has 0 saturated carbocycles. The molecular formula is C16H27ClN2. The molecule has 0 spiro atoms. The summed E-state index contributed by atoms with van der Waals surface area (Å²) in [7, 11) is 2.16. The largest absolute Gasteiger partial charge is 0.326 e.